The molecule has 0 fully saturated rings. The van der Waals surface area contributed by atoms with E-state index in [0.29, 0.717) is 17.9 Å². The van der Waals surface area contributed by atoms with Crippen LogP contribution in [0.4, 0.5) is 0 Å². The summed E-state index contributed by atoms with van der Waals surface area (Å²) >= 11 is 0. The summed E-state index contributed by atoms with van der Waals surface area (Å²) < 4.78 is 32.1. The Morgan fingerprint density at radius 2 is 2.05 bits per heavy atom. The van der Waals surface area contributed by atoms with E-state index in [2.05, 4.69) is 4.72 Å². The van der Waals surface area contributed by atoms with Crippen LogP contribution in [0.2, 0.25) is 0 Å². The van der Waals surface area contributed by atoms with Gasteiger partial charge in [0.05, 0.1) is 18.6 Å². The average Bonchev–Trinajstić information content (AvgIpc) is 2.36. The van der Waals surface area contributed by atoms with Crippen LogP contribution >= 0.6 is 0 Å². The molecule has 1 aromatic carbocycles. The van der Waals surface area contributed by atoms with Crippen LogP contribution in [0.3, 0.4) is 0 Å². The Morgan fingerprint density at radius 1 is 1.40 bits per heavy atom. The second kappa shape index (κ2) is 7.03. The molecule has 1 unspecified atom stereocenters. The van der Waals surface area contributed by atoms with E-state index in [4.69, 9.17) is 4.74 Å². The van der Waals surface area contributed by atoms with Gasteiger partial charge in [0.15, 0.2) is 0 Å². The van der Waals surface area contributed by atoms with Crippen LogP contribution in [-0.4, -0.2) is 52.2 Å². The molecule has 0 radical (unpaired) electrons. The lowest BCUT2D eigenvalue weighted by Crippen LogP contribution is -2.39. The molecular weight excluding hydrogens is 280 g/mol. The zero-order valence-corrected chi connectivity index (χ0v) is 13.1. The van der Waals surface area contributed by atoms with E-state index in [9.17, 15) is 13.5 Å². The molecule has 0 amide bonds. The Labute approximate surface area is 120 Å². The Hall–Kier alpha value is -1.15. The van der Waals surface area contributed by atoms with Gasteiger partial charge in [-0.15, -0.1) is 0 Å². The van der Waals surface area contributed by atoms with E-state index >= 15 is 0 Å². The van der Waals surface area contributed by atoms with Gasteiger partial charge in [-0.2, -0.15) is 0 Å². The number of hydrogen-bond donors (Lipinski definition) is 2. The summed E-state index contributed by atoms with van der Waals surface area (Å²) in [5.74, 6) is 0.466. The van der Waals surface area contributed by atoms with Gasteiger partial charge in [-0.3, -0.25) is 0 Å². The molecule has 0 aliphatic carbocycles. The lowest BCUT2D eigenvalue weighted by atomic mass is 10.2. The minimum atomic E-state index is -3.61. The molecule has 6 nitrogen and oxygen atoms in total. The molecule has 0 aliphatic rings. The van der Waals surface area contributed by atoms with Crippen LogP contribution in [-0.2, 0) is 16.6 Å². The zero-order valence-electron chi connectivity index (χ0n) is 12.3. The molecule has 0 bridgehead atoms. The van der Waals surface area contributed by atoms with Gasteiger partial charge >= 0.3 is 0 Å². The molecule has 0 spiro atoms. The van der Waals surface area contributed by atoms with Crippen molar-refractivity contribution in [1.82, 2.24) is 9.62 Å². The summed E-state index contributed by atoms with van der Waals surface area (Å²) in [6.07, 6.45) is 0. The summed E-state index contributed by atoms with van der Waals surface area (Å²) in [5.41, 5.74) is 0.440. The first kappa shape index (κ1) is 16.9. The lowest BCUT2D eigenvalue weighted by Gasteiger charge is -2.18. The van der Waals surface area contributed by atoms with Gasteiger partial charge in [0.1, 0.15) is 5.75 Å². The minimum Gasteiger partial charge on any atom is -0.496 e. The van der Waals surface area contributed by atoms with E-state index in [1.54, 1.807) is 6.92 Å². The van der Waals surface area contributed by atoms with Crippen LogP contribution in [0.25, 0.3) is 0 Å². The van der Waals surface area contributed by atoms with Gasteiger partial charge in [0, 0.05) is 18.2 Å². The number of nitrogens with zero attached hydrogens (tertiary/aromatic N) is 1. The summed E-state index contributed by atoms with van der Waals surface area (Å²) in [6, 6.07) is 4.21. The minimum absolute atomic E-state index is 0.118. The molecular formula is C13H22N2O4S. The molecule has 7 heteroatoms. The molecule has 1 aromatic rings. The van der Waals surface area contributed by atoms with Crippen molar-refractivity contribution in [1.29, 1.82) is 0 Å². The Balaban J connectivity index is 2.98. The van der Waals surface area contributed by atoms with Gasteiger partial charge in [0.2, 0.25) is 10.0 Å². The van der Waals surface area contributed by atoms with Crippen molar-refractivity contribution in [3.63, 3.8) is 0 Å². The van der Waals surface area contributed by atoms with E-state index in [1.165, 1.54) is 25.3 Å². The van der Waals surface area contributed by atoms with Gasteiger partial charge in [-0.05, 0) is 39.2 Å². The van der Waals surface area contributed by atoms with Crippen molar-refractivity contribution in [3.05, 3.63) is 23.8 Å². The predicted molar refractivity (Wildman–Crippen MR) is 77.3 cm³/mol. The van der Waals surface area contributed by atoms with Gasteiger partial charge in [-0.1, -0.05) is 0 Å². The lowest BCUT2D eigenvalue weighted by molar-refractivity contribution is 0.273. The number of hydrogen-bond acceptors (Lipinski definition) is 5. The molecule has 114 valence electrons. The summed E-state index contributed by atoms with van der Waals surface area (Å²) in [6.45, 7) is 2.12. The quantitative estimate of drug-likeness (QED) is 0.763. The van der Waals surface area contributed by atoms with Crippen LogP contribution in [0.15, 0.2) is 23.1 Å². The Morgan fingerprint density at radius 3 is 2.55 bits per heavy atom. The molecule has 2 N–H and O–H groups in total. The second-order valence-electron chi connectivity index (χ2n) is 4.92. The number of rotatable bonds is 7. The fourth-order valence-corrected chi connectivity index (χ4v) is 3.25. The Bertz CT molecular complexity index is 543. The normalized spacial score (nSPS) is 13.5. The summed E-state index contributed by atoms with van der Waals surface area (Å²) in [5, 5.41) is 9.24. The third-order valence-corrected chi connectivity index (χ3v) is 4.32. The Kier molecular flexibility index (Phi) is 5.94. The molecule has 0 heterocycles. The van der Waals surface area contributed by atoms with Gasteiger partial charge < -0.3 is 14.7 Å². The van der Waals surface area contributed by atoms with Crippen LogP contribution in [0, 0.1) is 0 Å². The molecule has 1 rings (SSSR count). The maximum atomic E-state index is 12.2. The van der Waals surface area contributed by atoms with Gasteiger partial charge in [-0.25, -0.2) is 13.1 Å². The third-order valence-electron chi connectivity index (χ3n) is 2.73. The summed E-state index contributed by atoms with van der Waals surface area (Å²) in [4.78, 5) is 2.02. The van der Waals surface area contributed by atoms with Crippen molar-refractivity contribution < 1.29 is 18.3 Å². The SMILES string of the molecule is COc1ccc(S(=O)(=O)NC(C)CN(C)C)cc1CO. The second-order valence-corrected chi connectivity index (χ2v) is 6.63. The maximum Gasteiger partial charge on any atom is 0.240 e. The molecule has 0 saturated carbocycles. The number of nitrogens with one attached hydrogen (secondary N) is 1. The highest BCUT2D eigenvalue weighted by Crippen LogP contribution is 2.22. The molecule has 0 saturated heterocycles. The number of sulfonamides is 1. The topological polar surface area (TPSA) is 78.9 Å². The largest absolute Gasteiger partial charge is 0.496 e. The van der Waals surface area contributed by atoms with E-state index in [-0.39, 0.29) is 17.5 Å². The van der Waals surface area contributed by atoms with Crippen molar-refractivity contribution in [2.75, 3.05) is 27.7 Å². The molecule has 0 aromatic heterocycles. The number of likely N-dealkylation sites (N-methyl/N-ethyl adjacent to an activating group) is 1. The van der Waals surface area contributed by atoms with Crippen molar-refractivity contribution in [2.45, 2.75) is 24.5 Å². The summed E-state index contributed by atoms with van der Waals surface area (Å²) in [7, 11) is 1.62. The predicted octanol–water partition coefficient (Wildman–Crippen LogP) is 0.416. The first-order valence-electron chi connectivity index (χ1n) is 6.25. The number of aliphatic hydroxyl groups is 1. The van der Waals surface area contributed by atoms with E-state index in [1.807, 2.05) is 19.0 Å². The fourth-order valence-electron chi connectivity index (χ4n) is 1.96. The maximum absolute atomic E-state index is 12.2. The smallest absolute Gasteiger partial charge is 0.240 e. The van der Waals surface area contributed by atoms with E-state index in [0.717, 1.165) is 0 Å². The van der Waals surface area contributed by atoms with Crippen LogP contribution in [0.5, 0.6) is 5.75 Å². The standard InChI is InChI=1S/C13H22N2O4S/c1-10(8-15(2)3)14-20(17,18)12-5-6-13(19-4)11(7-12)9-16/h5-7,10,14,16H,8-9H2,1-4H3. The highest BCUT2D eigenvalue weighted by Gasteiger charge is 2.19. The van der Waals surface area contributed by atoms with Crippen LogP contribution < -0.4 is 9.46 Å². The third kappa shape index (κ3) is 4.45. The van der Waals surface area contributed by atoms with Crippen molar-refractivity contribution in [3.8, 4) is 5.75 Å². The zero-order chi connectivity index (χ0) is 15.3. The van der Waals surface area contributed by atoms with Gasteiger partial charge in [0.25, 0.3) is 0 Å². The van der Waals surface area contributed by atoms with E-state index < -0.39 is 10.0 Å². The van der Waals surface area contributed by atoms with Crippen LogP contribution in [0.1, 0.15) is 12.5 Å². The molecule has 20 heavy (non-hydrogen) atoms. The number of ether oxygens (including phenoxy) is 1. The molecule has 0 aliphatic heterocycles. The first-order valence-corrected chi connectivity index (χ1v) is 7.73. The average molecular weight is 302 g/mol. The highest BCUT2D eigenvalue weighted by molar-refractivity contribution is 7.89. The van der Waals surface area contributed by atoms with Crippen molar-refractivity contribution >= 4 is 10.0 Å². The fraction of sp³-hybridized carbons (Fsp3) is 0.538. The number of benzene rings is 1. The highest BCUT2D eigenvalue weighted by atomic mass is 32.2. The monoisotopic (exact) mass is 302 g/mol. The number of methoxy groups -OCH3 is 1. The van der Waals surface area contributed by atoms with Crippen molar-refractivity contribution in [2.24, 2.45) is 0 Å². The molecule has 1 atom stereocenters. The first-order chi connectivity index (χ1) is 9.30. The number of aliphatic hydroxyl groups excluding tert-OH is 1.